The van der Waals surface area contributed by atoms with Crippen molar-refractivity contribution in [3.8, 4) is 0 Å². The van der Waals surface area contributed by atoms with E-state index in [1.807, 2.05) is 9.80 Å². The fourth-order valence-electron chi connectivity index (χ4n) is 2.94. The Kier molecular flexibility index (Phi) is 7.03. The van der Waals surface area contributed by atoms with Crippen LogP contribution in [-0.4, -0.2) is 47.8 Å². The lowest BCUT2D eigenvalue weighted by molar-refractivity contribution is -0.144. The number of rotatable bonds is 6. The van der Waals surface area contributed by atoms with E-state index in [4.69, 9.17) is 0 Å². The quantitative estimate of drug-likeness (QED) is 0.751. The van der Waals surface area contributed by atoms with Gasteiger partial charge in [-0.2, -0.15) is 0 Å². The smallest absolute Gasteiger partial charge is 0.225 e. The number of amides is 2. The highest BCUT2D eigenvalue weighted by atomic mass is 16.2. The second kappa shape index (κ2) is 8.28. The van der Waals surface area contributed by atoms with Crippen molar-refractivity contribution in [3.05, 3.63) is 0 Å². The van der Waals surface area contributed by atoms with Crippen LogP contribution in [0, 0.1) is 11.8 Å². The molecule has 1 heterocycles. The van der Waals surface area contributed by atoms with Crippen LogP contribution in [0.4, 0.5) is 0 Å². The van der Waals surface area contributed by atoms with E-state index in [0.717, 1.165) is 25.7 Å². The summed E-state index contributed by atoms with van der Waals surface area (Å²) in [7, 11) is 0. The largest absolute Gasteiger partial charge is 0.339 e. The SMILES string of the molecule is CCC(CC)C(=O)N1CCN(C(=O)C(CC)CC)CC1. The molecule has 20 heavy (non-hydrogen) atoms. The number of hydrogen-bond acceptors (Lipinski definition) is 2. The van der Waals surface area contributed by atoms with Gasteiger partial charge in [-0.1, -0.05) is 27.7 Å². The summed E-state index contributed by atoms with van der Waals surface area (Å²) in [6.07, 6.45) is 3.62. The molecule has 0 saturated carbocycles. The normalized spacial score (nSPS) is 16.1. The van der Waals surface area contributed by atoms with Crippen LogP contribution in [0.1, 0.15) is 53.4 Å². The van der Waals surface area contributed by atoms with Gasteiger partial charge in [0.1, 0.15) is 0 Å². The van der Waals surface area contributed by atoms with Crippen LogP contribution < -0.4 is 0 Å². The molecule has 4 heteroatoms. The highest BCUT2D eigenvalue weighted by Gasteiger charge is 2.29. The molecular formula is C16H30N2O2. The summed E-state index contributed by atoms with van der Waals surface area (Å²) in [5.74, 6) is 0.835. The summed E-state index contributed by atoms with van der Waals surface area (Å²) in [6, 6.07) is 0. The molecule has 0 aromatic heterocycles. The molecular weight excluding hydrogens is 252 g/mol. The van der Waals surface area contributed by atoms with E-state index in [0.29, 0.717) is 26.2 Å². The van der Waals surface area contributed by atoms with Gasteiger partial charge in [0, 0.05) is 38.0 Å². The van der Waals surface area contributed by atoms with Crippen molar-refractivity contribution in [2.45, 2.75) is 53.4 Å². The first-order chi connectivity index (χ1) is 9.58. The van der Waals surface area contributed by atoms with Gasteiger partial charge >= 0.3 is 0 Å². The van der Waals surface area contributed by atoms with Crippen LogP contribution in [0.15, 0.2) is 0 Å². The molecule has 116 valence electrons. The van der Waals surface area contributed by atoms with E-state index in [-0.39, 0.29) is 23.7 Å². The van der Waals surface area contributed by atoms with Crippen LogP contribution >= 0.6 is 0 Å². The van der Waals surface area contributed by atoms with Crippen molar-refractivity contribution in [1.29, 1.82) is 0 Å². The summed E-state index contributed by atoms with van der Waals surface area (Å²) in [6.45, 7) is 11.1. The lowest BCUT2D eigenvalue weighted by Gasteiger charge is -2.37. The Balaban J connectivity index is 2.51. The van der Waals surface area contributed by atoms with E-state index >= 15 is 0 Å². The van der Waals surface area contributed by atoms with Gasteiger partial charge in [-0.25, -0.2) is 0 Å². The second-order valence-electron chi connectivity index (χ2n) is 5.68. The van der Waals surface area contributed by atoms with Crippen LogP contribution in [0.2, 0.25) is 0 Å². The summed E-state index contributed by atoms with van der Waals surface area (Å²) in [5, 5.41) is 0. The van der Waals surface area contributed by atoms with Crippen LogP contribution in [-0.2, 0) is 9.59 Å². The molecule has 1 aliphatic heterocycles. The number of hydrogen-bond donors (Lipinski definition) is 0. The molecule has 0 aliphatic carbocycles. The van der Waals surface area contributed by atoms with E-state index in [9.17, 15) is 9.59 Å². The van der Waals surface area contributed by atoms with Crippen LogP contribution in [0.5, 0.6) is 0 Å². The molecule has 0 bridgehead atoms. The average Bonchev–Trinajstić information content (AvgIpc) is 2.49. The Labute approximate surface area is 123 Å². The maximum absolute atomic E-state index is 12.3. The summed E-state index contributed by atoms with van der Waals surface area (Å²) in [5.41, 5.74) is 0. The predicted octanol–water partition coefficient (Wildman–Crippen LogP) is 2.53. The zero-order chi connectivity index (χ0) is 15.1. The third-order valence-corrected chi connectivity index (χ3v) is 4.57. The Bertz CT molecular complexity index is 282. The number of carbonyl (C=O) groups excluding carboxylic acids is 2. The van der Waals surface area contributed by atoms with E-state index in [1.54, 1.807) is 0 Å². The zero-order valence-electron chi connectivity index (χ0n) is 13.5. The molecule has 4 nitrogen and oxygen atoms in total. The van der Waals surface area contributed by atoms with Crippen LogP contribution in [0.25, 0.3) is 0 Å². The fraction of sp³-hybridized carbons (Fsp3) is 0.875. The molecule has 0 aromatic rings. The van der Waals surface area contributed by atoms with Crippen molar-refractivity contribution < 1.29 is 9.59 Å². The van der Waals surface area contributed by atoms with Gasteiger partial charge in [-0.3, -0.25) is 9.59 Å². The Morgan fingerprint density at radius 2 is 0.950 bits per heavy atom. The molecule has 0 atom stereocenters. The van der Waals surface area contributed by atoms with Gasteiger partial charge in [-0.15, -0.1) is 0 Å². The Hall–Kier alpha value is -1.06. The third-order valence-electron chi connectivity index (χ3n) is 4.57. The molecule has 0 spiro atoms. The average molecular weight is 282 g/mol. The lowest BCUT2D eigenvalue weighted by Crippen LogP contribution is -2.53. The van der Waals surface area contributed by atoms with Gasteiger partial charge in [0.25, 0.3) is 0 Å². The lowest BCUT2D eigenvalue weighted by atomic mass is 10.00. The Morgan fingerprint density at radius 3 is 1.15 bits per heavy atom. The van der Waals surface area contributed by atoms with Gasteiger partial charge in [-0.05, 0) is 25.7 Å². The van der Waals surface area contributed by atoms with Crippen molar-refractivity contribution in [3.63, 3.8) is 0 Å². The first kappa shape index (κ1) is 17.0. The zero-order valence-corrected chi connectivity index (χ0v) is 13.5. The van der Waals surface area contributed by atoms with Gasteiger partial charge in [0.15, 0.2) is 0 Å². The van der Waals surface area contributed by atoms with Crippen molar-refractivity contribution in [2.75, 3.05) is 26.2 Å². The summed E-state index contributed by atoms with van der Waals surface area (Å²) < 4.78 is 0. The first-order valence-electron chi connectivity index (χ1n) is 8.16. The van der Waals surface area contributed by atoms with Gasteiger partial charge in [0.05, 0.1) is 0 Å². The minimum Gasteiger partial charge on any atom is -0.339 e. The maximum atomic E-state index is 12.3. The highest BCUT2D eigenvalue weighted by molar-refractivity contribution is 5.81. The van der Waals surface area contributed by atoms with E-state index < -0.39 is 0 Å². The number of nitrogens with zero attached hydrogens (tertiary/aromatic N) is 2. The molecule has 0 N–H and O–H groups in total. The third kappa shape index (κ3) is 3.97. The number of carbonyl (C=O) groups is 2. The van der Waals surface area contributed by atoms with Crippen molar-refractivity contribution >= 4 is 11.8 Å². The molecule has 0 aromatic carbocycles. The monoisotopic (exact) mass is 282 g/mol. The molecule has 1 rings (SSSR count). The minimum absolute atomic E-state index is 0.149. The second-order valence-corrected chi connectivity index (χ2v) is 5.68. The minimum atomic E-state index is 0.149. The first-order valence-corrected chi connectivity index (χ1v) is 8.16. The number of piperazine rings is 1. The Morgan fingerprint density at radius 1 is 0.700 bits per heavy atom. The summed E-state index contributed by atoms with van der Waals surface area (Å²) in [4.78, 5) is 28.5. The molecule has 0 unspecified atom stereocenters. The molecule has 1 aliphatic rings. The standard InChI is InChI=1S/C16H30N2O2/c1-5-13(6-2)15(19)17-9-11-18(12-10-17)16(20)14(7-3)8-4/h13-14H,5-12H2,1-4H3. The molecule has 1 saturated heterocycles. The predicted molar refractivity (Wildman–Crippen MR) is 81.3 cm³/mol. The van der Waals surface area contributed by atoms with Crippen molar-refractivity contribution in [1.82, 2.24) is 9.80 Å². The van der Waals surface area contributed by atoms with E-state index in [1.165, 1.54) is 0 Å². The maximum Gasteiger partial charge on any atom is 0.225 e. The van der Waals surface area contributed by atoms with E-state index in [2.05, 4.69) is 27.7 Å². The molecule has 0 radical (unpaired) electrons. The molecule has 1 fully saturated rings. The fourth-order valence-corrected chi connectivity index (χ4v) is 2.94. The topological polar surface area (TPSA) is 40.6 Å². The highest BCUT2D eigenvalue weighted by Crippen LogP contribution is 2.17. The van der Waals surface area contributed by atoms with Gasteiger partial charge < -0.3 is 9.80 Å². The summed E-state index contributed by atoms with van der Waals surface area (Å²) >= 11 is 0. The van der Waals surface area contributed by atoms with Crippen LogP contribution in [0.3, 0.4) is 0 Å². The molecule has 2 amide bonds. The van der Waals surface area contributed by atoms with Gasteiger partial charge in [0.2, 0.25) is 11.8 Å². The van der Waals surface area contributed by atoms with Crippen molar-refractivity contribution in [2.24, 2.45) is 11.8 Å².